The Labute approximate surface area is 91.8 Å². The molecule has 0 amide bonds. The molecule has 0 aliphatic carbocycles. The molecule has 1 aromatic heterocycles. The summed E-state index contributed by atoms with van der Waals surface area (Å²) in [6, 6.07) is 0. The lowest BCUT2D eigenvalue weighted by Crippen LogP contribution is -2.14. The number of aryl methyl sites for hydroxylation is 1. The number of methoxy groups -OCH3 is 2. The van der Waals surface area contributed by atoms with Gasteiger partial charge >= 0.3 is 11.9 Å². The van der Waals surface area contributed by atoms with E-state index in [0.717, 1.165) is 0 Å². The molecule has 0 aliphatic heterocycles. The highest BCUT2D eigenvalue weighted by atomic mass is 16.5. The first kappa shape index (κ1) is 12.0. The predicted octanol–water partition coefficient (Wildman–Crippen LogP) is 0.883. The summed E-state index contributed by atoms with van der Waals surface area (Å²) in [4.78, 5) is 26.4. The molecule has 6 heteroatoms. The van der Waals surface area contributed by atoms with Crippen LogP contribution >= 0.6 is 0 Å². The SMILES string of the molecule is COC(=O)c1c(C)ncc(OC)c1C(=O)O. The van der Waals surface area contributed by atoms with Crippen LogP contribution in [-0.2, 0) is 4.74 Å². The molecule has 0 unspecified atom stereocenters. The maximum atomic E-state index is 11.4. The fourth-order valence-corrected chi connectivity index (χ4v) is 1.31. The molecule has 6 nitrogen and oxygen atoms in total. The molecule has 1 aromatic rings. The minimum absolute atomic E-state index is 0.0264. The van der Waals surface area contributed by atoms with Gasteiger partial charge in [-0.1, -0.05) is 0 Å². The molecule has 0 radical (unpaired) electrons. The van der Waals surface area contributed by atoms with E-state index in [2.05, 4.69) is 9.72 Å². The third-order valence-electron chi connectivity index (χ3n) is 2.06. The van der Waals surface area contributed by atoms with Crippen molar-refractivity contribution in [2.75, 3.05) is 14.2 Å². The summed E-state index contributed by atoms with van der Waals surface area (Å²) in [7, 11) is 2.48. The Morgan fingerprint density at radius 3 is 2.38 bits per heavy atom. The standard InChI is InChI=1S/C10H11NO5/c1-5-7(10(14)16-3)8(9(12)13)6(15-2)4-11-5/h4H,1-3H3,(H,12,13). The van der Waals surface area contributed by atoms with Crippen molar-refractivity contribution in [2.24, 2.45) is 0 Å². The smallest absolute Gasteiger partial charge is 0.340 e. The number of carbonyl (C=O) groups is 2. The quantitative estimate of drug-likeness (QED) is 0.768. The van der Waals surface area contributed by atoms with Crippen LogP contribution in [0.2, 0.25) is 0 Å². The van der Waals surface area contributed by atoms with Crippen molar-refractivity contribution in [3.05, 3.63) is 23.0 Å². The van der Waals surface area contributed by atoms with E-state index in [1.165, 1.54) is 27.3 Å². The normalized spacial score (nSPS) is 9.69. The second-order valence-electron chi connectivity index (χ2n) is 2.96. The van der Waals surface area contributed by atoms with Crippen molar-refractivity contribution in [3.63, 3.8) is 0 Å². The molecule has 0 saturated heterocycles. The summed E-state index contributed by atoms with van der Waals surface area (Å²) < 4.78 is 9.36. The van der Waals surface area contributed by atoms with Gasteiger partial charge in [-0.2, -0.15) is 0 Å². The number of pyridine rings is 1. The first-order valence-corrected chi connectivity index (χ1v) is 4.38. The fourth-order valence-electron chi connectivity index (χ4n) is 1.31. The molecule has 1 N–H and O–H groups in total. The van der Waals surface area contributed by atoms with Gasteiger partial charge in [0.15, 0.2) is 5.75 Å². The highest BCUT2D eigenvalue weighted by molar-refractivity contribution is 6.04. The van der Waals surface area contributed by atoms with E-state index in [0.29, 0.717) is 0 Å². The molecule has 1 rings (SSSR count). The Bertz CT molecular complexity index is 441. The van der Waals surface area contributed by atoms with Crippen molar-refractivity contribution in [1.82, 2.24) is 4.98 Å². The van der Waals surface area contributed by atoms with Gasteiger partial charge in [0.05, 0.1) is 31.7 Å². The van der Waals surface area contributed by atoms with Gasteiger partial charge in [0.25, 0.3) is 0 Å². The third-order valence-corrected chi connectivity index (χ3v) is 2.06. The number of carboxylic acid groups (broad SMARTS) is 1. The van der Waals surface area contributed by atoms with E-state index in [-0.39, 0.29) is 22.6 Å². The van der Waals surface area contributed by atoms with Crippen LogP contribution in [0, 0.1) is 6.92 Å². The van der Waals surface area contributed by atoms with Crippen LogP contribution in [0.3, 0.4) is 0 Å². The molecule has 1 heterocycles. The van der Waals surface area contributed by atoms with Gasteiger partial charge in [0, 0.05) is 0 Å². The Morgan fingerprint density at radius 1 is 1.31 bits per heavy atom. The van der Waals surface area contributed by atoms with Gasteiger partial charge < -0.3 is 14.6 Å². The van der Waals surface area contributed by atoms with Gasteiger partial charge in [-0.15, -0.1) is 0 Å². The first-order chi connectivity index (χ1) is 7.52. The molecule has 0 saturated carbocycles. The molecular formula is C10H11NO5. The highest BCUT2D eigenvalue weighted by Crippen LogP contribution is 2.24. The predicted molar refractivity (Wildman–Crippen MR) is 53.8 cm³/mol. The van der Waals surface area contributed by atoms with Gasteiger partial charge in [-0.05, 0) is 6.92 Å². The minimum atomic E-state index is -1.26. The Hall–Kier alpha value is -2.11. The van der Waals surface area contributed by atoms with E-state index < -0.39 is 11.9 Å². The largest absolute Gasteiger partial charge is 0.494 e. The van der Waals surface area contributed by atoms with Gasteiger partial charge in [0.2, 0.25) is 0 Å². The number of esters is 1. The second kappa shape index (κ2) is 4.61. The summed E-state index contributed by atoms with van der Waals surface area (Å²) in [6.45, 7) is 1.53. The van der Waals surface area contributed by atoms with Crippen molar-refractivity contribution in [2.45, 2.75) is 6.92 Å². The summed E-state index contributed by atoms with van der Waals surface area (Å²) in [5, 5.41) is 9.03. The lowest BCUT2D eigenvalue weighted by atomic mass is 10.1. The number of rotatable bonds is 3. The highest BCUT2D eigenvalue weighted by Gasteiger charge is 2.25. The Balaban J connectivity index is 3.54. The maximum Gasteiger partial charge on any atom is 0.340 e. The van der Waals surface area contributed by atoms with Crippen molar-refractivity contribution >= 4 is 11.9 Å². The third kappa shape index (κ3) is 1.95. The van der Waals surface area contributed by atoms with E-state index in [4.69, 9.17) is 9.84 Å². The van der Waals surface area contributed by atoms with Crippen molar-refractivity contribution < 1.29 is 24.2 Å². The van der Waals surface area contributed by atoms with Crippen molar-refractivity contribution in [3.8, 4) is 5.75 Å². The zero-order chi connectivity index (χ0) is 12.3. The molecule has 16 heavy (non-hydrogen) atoms. The summed E-state index contributed by atoms with van der Waals surface area (Å²) in [5.41, 5.74) is -0.0405. The average Bonchev–Trinajstić information content (AvgIpc) is 2.27. The Kier molecular flexibility index (Phi) is 3.44. The topological polar surface area (TPSA) is 85.7 Å². The van der Waals surface area contributed by atoms with E-state index in [1.807, 2.05) is 0 Å². The average molecular weight is 225 g/mol. The molecule has 0 aliphatic rings. The van der Waals surface area contributed by atoms with Gasteiger partial charge in [-0.3, -0.25) is 4.98 Å². The Morgan fingerprint density at radius 2 is 1.94 bits per heavy atom. The van der Waals surface area contributed by atoms with Crippen LogP contribution in [0.15, 0.2) is 6.20 Å². The molecule has 0 aromatic carbocycles. The van der Waals surface area contributed by atoms with E-state index in [1.54, 1.807) is 0 Å². The minimum Gasteiger partial charge on any atom is -0.494 e. The number of nitrogens with zero attached hydrogens (tertiary/aromatic N) is 1. The second-order valence-corrected chi connectivity index (χ2v) is 2.96. The van der Waals surface area contributed by atoms with Crippen LogP contribution < -0.4 is 4.74 Å². The number of carbonyl (C=O) groups excluding carboxylic acids is 1. The van der Waals surface area contributed by atoms with Crippen LogP contribution in [0.25, 0.3) is 0 Å². The molecule has 0 spiro atoms. The van der Waals surface area contributed by atoms with E-state index in [9.17, 15) is 9.59 Å². The molecular weight excluding hydrogens is 214 g/mol. The van der Waals surface area contributed by atoms with Gasteiger partial charge in [-0.25, -0.2) is 9.59 Å². The summed E-state index contributed by atoms with van der Waals surface area (Å²) in [5.74, 6) is -1.98. The lowest BCUT2D eigenvalue weighted by Gasteiger charge is -2.10. The summed E-state index contributed by atoms with van der Waals surface area (Å²) >= 11 is 0. The van der Waals surface area contributed by atoms with Crippen LogP contribution in [0.4, 0.5) is 0 Å². The monoisotopic (exact) mass is 225 g/mol. The molecule has 0 atom stereocenters. The lowest BCUT2D eigenvalue weighted by molar-refractivity contribution is 0.0579. The number of hydrogen-bond donors (Lipinski definition) is 1. The molecule has 0 fully saturated rings. The number of ether oxygens (including phenoxy) is 2. The molecule has 86 valence electrons. The van der Waals surface area contributed by atoms with Gasteiger partial charge in [0.1, 0.15) is 5.56 Å². The van der Waals surface area contributed by atoms with Crippen LogP contribution in [0.5, 0.6) is 5.75 Å². The maximum absolute atomic E-state index is 11.4. The molecule has 0 bridgehead atoms. The summed E-state index contributed by atoms with van der Waals surface area (Å²) in [6.07, 6.45) is 1.26. The van der Waals surface area contributed by atoms with Crippen molar-refractivity contribution in [1.29, 1.82) is 0 Å². The number of carboxylic acids is 1. The fraction of sp³-hybridized carbons (Fsp3) is 0.300. The number of aromatic carboxylic acids is 1. The van der Waals surface area contributed by atoms with Crippen LogP contribution in [-0.4, -0.2) is 36.2 Å². The van der Waals surface area contributed by atoms with E-state index >= 15 is 0 Å². The number of aromatic nitrogens is 1. The zero-order valence-corrected chi connectivity index (χ0v) is 9.10. The van der Waals surface area contributed by atoms with Crippen LogP contribution in [0.1, 0.15) is 26.4 Å². The number of hydrogen-bond acceptors (Lipinski definition) is 5. The zero-order valence-electron chi connectivity index (χ0n) is 9.10. The first-order valence-electron chi connectivity index (χ1n) is 4.38.